The van der Waals surface area contributed by atoms with Crippen molar-refractivity contribution in [2.75, 3.05) is 39.0 Å². The molecule has 0 aliphatic rings. The Morgan fingerprint density at radius 2 is 1.88 bits per heavy atom. The van der Waals surface area contributed by atoms with E-state index in [-0.39, 0.29) is 5.91 Å². The molecule has 0 radical (unpaired) electrons. The maximum atomic E-state index is 12.3. The predicted octanol–water partition coefficient (Wildman–Crippen LogP) is 2.65. The first-order valence-electron chi connectivity index (χ1n) is 8.71. The Kier molecular flexibility index (Phi) is 7.35. The van der Waals surface area contributed by atoms with Crippen LogP contribution in [0, 0.1) is 0 Å². The van der Waals surface area contributed by atoms with E-state index in [0.717, 1.165) is 31.5 Å². The topological polar surface area (TPSA) is 70.2 Å². The highest BCUT2D eigenvalue weighted by atomic mass is 16.1. The molecular weight excluding hydrogens is 314 g/mol. The summed E-state index contributed by atoms with van der Waals surface area (Å²) in [4.78, 5) is 23.5. The molecule has 2 N–H and O–H groups in total. The zero-order chi connectivity index (χ0) is 18.1. The molecular formula is C19H27N5O. The van der Waals surface area contributed by atoms with E-state index in [2.05, 4.69) is 25.5 Å². The summed E-state index contributed by atoms with van der Waals surface area (Å²) < 4.78 is 0. The fourth-order valence-corrected chi connectivity index (χ4v) is 2.31. The van der Waals surface area contributed by atoms with Crippen molar-refractivity contribution in [2.45, 2.75) is 19.8 Å². The number of benzene rings is 1. The van der Waals surface area contributed by atoms with Gasteiger partial charge in [0.15, 0.2) is 5.82 Å². The molecule has 0 spiro atoms. The maximum absolute atomic E-state index is 12.3. The minimum absolute atomic E-state index is 0.169. The van der Waals surface area contributed by atoms with Crippen LogP contribution < -0.4 is 10.6 Å². The predicted molar refractivity (Wildman–Crippen MR) is 102 cm³/mol. The van der Waals surface area contributed by atoms with Crippen LogP contribution in [0.3, 0.4) is 0 Å². The fourth-order valence-electron chi connectivity index (χ4n) is 2.31. The molecule has 1 aromatic carbocycles. The molecule has 134 valence electrons. The molecule has 0 bridgehead atoms. The van der Waals surface area contributed by atoms with Crippen molar-refractivity contribution in [3.05, 3.63) is 42.1 Å². The number of carbonyl (C=O) groups excluding carboxylic acids is 1. The third-order valence-corrected chi connectivity index (χ3v) is 3.61. The Balaban J connectivity index is 2.20. The lowest BCUT2D eigenvalue weighted by Crippen LogP contribution is -2.25. The van der Waals surface area contributed by atoms with Crippen LogP contribution in [0.5, 0.6) is 0 Å². The summed E-state index contributed by atoms with van der Waals surface area (Å²) in [5, 5.41) is 6.18. The van der Waals surface area contributed by atoms with Crippen LogP contribution >= 0.6 is 0 Å². The number of carbonyl (C=O) groups is 1. The quantitative estimate of drug-likeness (QED) is 0.686. The van der Waals surface area contributed by atoms with Crippen LogP contribution in [0.1, 0.15) is 30.3 Å². The van der Waals surface area contributed by atoms with Crippen molar-refractivity contribution in [3.8, 4) is 11.4 Å². The number of amides is 1. The molecule has 0 aliphatic heterocycles. The third-order valence-electron chi connectivity index (χ3n) is 3.61. The monoisotopic (exact) mass is 341 g/mol. The van der Waals surface area contributed by atoms with E-state index in [4.69, 9.17) is 0 Å². The number of rotatable bonds is 9. The summed E-state index contributed by atoms with van der Waals surface area (Å²) in [6.45, 7) is 4.44. The summed E-state index contributed by atoms with van der Waals surface area (Å²) in [5.74, 6) is 1.06. The van der Waals surface area contributed by atoms with E-state index >= 15 is 0 Å². The Bertz CT molecular complexity index is 673. The van der Waals surface area contributed by atoms with Gasteiger partial charge >= 0.3 is 0 Å². The first-order valence-corrected chi connectivity index (χ1v) is 8.71. The van der Waals surface area contributed by atoms with Crippen molar-refractivity contribution in [1.29, 1.82) is 0 Å². The van der Waals surface area contributed by atoms with Crippen molar-refractivity contribution in [1.82, 2.24) is 20.2 Å². The number of aromatic nitrogens is 2. The van der Waals surface area contributed by atoms with Gasteiger partial charge in [0.25, 0.3) is 5.91 Å². The van der Waals surface area contributed by atoms with Gasteiger partial charge in [0.05, 0.1) is 0 Å². The second-order valence-corrected chi connectivity index (χ2v) is 6.17. The summed E-state index contributed by atoms with van der Waals surface area (Å²) in [6, 6.07) is 11.4. The Morgan fingerprint density at radius 1 is 1.12 bits per heavy atom. The lowest BCUT2D eigenvalue weighted by atomic mass is 10.2. The van der Waals surface area contributed by atoms with Gasteiger partial charge < -0.3 is 15.5 Å². The molecule has 0 fully saturated rings. The molecule has 6 heteroatoms. The van der Waals surface area contributed by atoms with Crippen LogP contribution in [0.15, 0.2) is 36.4 Å². The average molecular weight is 341 g/mol. The largest absolute Gasteiger partial charge is 0.370 e. The molecule has 0 unspecified atom stereocenters. The summed E-state index contributed by atoms with van der Waals surface area (Å²) >= 11 is 0. The summed E-state index contributed by atoms with van der Waals surface area (Å²) in [7, 11) is 4.10. The standard InChI is InChI=1S/C19H27N5O/c1-4-11-21-19(25)16-14-17(20-12-8-13-24(2)3)23-18(22-16)15-9-6-5-7-10-15/h5-7,9-10,14H,4,8,11-13H2,1-3H3,(H,21,25)(H,20,22,23). The molecule has 0 saturated heterocycles. The van der Waals surface area contributed by atoms with Crippen LogP contribution in [0.4, 0.5) is 5.82 Å². The highest BCUT2D eigenvalue weighted by Gasteiger charge is 2.12. The molecule has 1 aromatic heterocycles. The normalized spacial score (nSPS) is 10.7. The van der Waals surface area contributed by atoms with E-state index in [9.17, 15) is 4.79 Å². The van der Waals surface area contributed by atoms with Crippen molar-refractivity contribution in [3.63, 3.8) is 0 Å². The molecule has 0 atom stereocenters. The second kappa shape index (κ2) is 9.74. The van der Waals surface area contributed by atoms with Crippen molar-refractivity contribution in [2.24, 2.45) is 0 Å². The first kappa shape index (κ1) is 18.9. The van der Waals surface area contributed by atoms with Gasteiger partial charge in [0, 0.05) is 24.7 Å². The molecule has 25 heavy (non-hydrogen) atoms. The van der Waals surface area contributed by atoms with E-state index in [1.165, 1.54) is 0 Å². The number of nitrogens with one attached hydrogen (secondary N) is 2. The van der Waals surface area contributed by atoms with Gasteiger partial charge in [-0.2, -0.15) is 0 Å². The number of anilines is 1. The van der Waals surface area contributed by atoms with Crippen LogP contribution in [-0.4, -0.2) is 54.5 Å². The number of nitrogens with zero attached hydrogens (tertiary/aromatic N) is 3. The maximum Gasteiger partial charge on any atom is 0.270 e. The smallest absolute Gasteiger partial charge is 0.270 e. The molecule has 1 heterocycles. The minimum atomic E-state index is -0.169. The fraction of sp³-hybridized carbons (Fsp3) is 0.421. The lowest BCUT2D eigenvalue weighted by molar-refractivity contribution is 0.0948. The van der Waals surface area contributed by atoms with Gasteiger partial charge in [0.2, 0.25) is 0 Å². The molecule has 1 amide bonds. The third kappa shape index (κ3) is 6.15. The van der Waals surface area contributed by atoms with Crippen LogP contribution in [-0.2, 0) is 0 Å². The number of hydrogen-bond donors (Lipinski definition) is 2. The van der Waals surface area contributed by atoms with Gasteiger partial charge in [-0.1, -0.05) is 37.3 Å². The van der Waals surface area contributed by atoms with Crippen molar-refractivity contribution < 1.29 is 4.79 Å². The van der Waals surface area contributed by atoms with E-state index in [1.807, 2.05) is 51.4 Å². The Morgan fingerprint density at radius 3 is 2.56 bits per heavy atom. The van der Waals surface area contributed by atoms with Gasteiger partial charge in [-0.05, 0) is 33.5 Å². The zero-order valence-corrected chi connectivity index (χ0v) is 15.2. The summed E-state index contributed by atoms with van der Waals surface area (Å²) in [5.41, 5.74) is 1.28. The molecule has 2 aromatic rings. The zero-order valence-electron chi connectivity index (χ0n) is 15.2. The minimum Gasteiger partial charge on any atom is -0.370 e. The lowest BCUT2D eigenvalue weighted by Gasteiger charge is -2.12. The van der Waals surface area contributed by atoms with Gasteiger partial charge in [-0.25, -0.2) is 9.97 Å². The highest BCUT2D eigenvalue weighted by molar-refractivity contribution is 5.93. The van der Waals surface area contributed by atoms with Crippen LogP contribution in [0.2, 0.25) is 0 Å². The SMILES string of the molecule is CCCNC(=O)c1cc(NCCCN(C)C)nc(-c2ccccc2)n1. The van der Waals surface area contributed by atoms with Gasteiger partial charge in [-0.3, -0.25) is 4.79 Å². The Hall–Kier alpha value is -2.47. The molecule has 0 aliphatic carbocycles. The van der Waals surface area contributed by atoms with Gasteiger partial charge in [-0.15, -0.1) is 0 Å². The highest BCUT2D eigenvalue weighted by Crippen LogP contribution is 2.18. The second-order valence-electron chi connectivity index (χ2n) is 6.17. The first-order chi connectivity index (χ1) is 12.1. The van der Waals surface area contributed by atoms with E-state index in [1.54, 1.807) is 6.07 Å². The van der Waals surface area contributed by atoms with Crippen LogP contribution in [0.25, 0.3) is 11.4 Å². The molecule has 6 nitrogen and oxygen atoms in total. The Labute approximate surface area is 149 Å². The van der Waals surface area contributed by atoms with E-state index in [0.29, 0.717) is 23.9 Å². The molecule has 0 saturated carbocycles. The van der Waals surface area contributed by atoms with Crippen molar-refractivity contribution >= 4 is 11.7 Å². The average Bonchev–Trinajstić information content (AvgIpc) is 2.63. The summed E-state index contributed by atoms with van der Waals surface area (Å²) in [6.07, 6.45) is 1.88. The number of hydrogen-bond acceptors (Lipinski definition) is 5. The molecule has 2 rings (SSSR count). The van der Waals surface area contributed by atoms with Gasteiger partial charge in [0.1, 0.15) is 11.5 Å². The van der Waals surface area contributed by atoms with E-state index < -0.39 is 0 Å².